The predicted molar refractivity (Wildman–Crippen MR) is 110 cm³/mol. The third kappa shape index (κ3) is 5.41. The van der Waals surface area contributed by atoms with Gasteiger partial charge in [0.15, 0.2) is 16.6 Å². The molecule has 1 aliphatic heterocycles. The fourth-order valence-electron chi connectivity index (χ4n) is 2.98. The molecule has 1 amide bonds. The van der Waals surface area contributed by atoms with Gasteiger partial charge in [-0.1, -0.05) is 0 Å². The normalized spacial score (nSPS) is 13.1. The van der Waals surface area contributed by atoms with Crippen LogP contribution in [0.15, 0.2) is 12.1 Å². The first-order valence-electron chi connectivity index (χ1n) is 9.29. The molecule has 0 aliphatic carbocycles. The molecule has 0 unspecified atom stereocenters. The first kappa shape index (κ1) is 22.5. The van der Waals surface area contributed by atoms with Crippen molar-refractivity contribution in [2.75, 3.05) is 47.6 Å². The lowest BCUT2D eigenvalue weighted by atomic mass is 10.1. The maximum Gasteiger partial charge on any atom is 0.307 e. The maximum absolute atomic E-state index is 13.1. The topological polar surface area (TPSA) is 89.6 Å². The quantitative estimate of drug-likeness (QED) is 0.493. The zero-order chi connectivity index (χ0) is 21.4. The Morgan fingerprint density at radius 2 is 1.69 bits per heavy atom. The summed E-state index contributed by atoms with van der Waals surface area (Å²) in [5.41, 5.74) is 0.390. The molecule has 0 aromatic heterocycles. The van der Waals surface area contributed by atoms with E-state index in [9.17, 15) is 9.59 Å². The Hall–Kier alpha value is -2.75. The molecule has 1 aromatic carbocycles. The second-order valence-corrected chi connectivity index (χ2v) is 6.49. The molecule has 0 bridgehead atoms. The van der Waals surface area contributed by atoms with E-state index < -0.39 is 0 Å². The molecule has 0 spiro atoms. The van der Waals surface area contributed by atoms with Gasteiger partial charge in [0.05, 0.1) is 34.4 Å². The molecule has 0 saturated carbocycles. The number of carbonyl (C=O) groups is 2. The van der Waals surface area contributed by atoms with Crippen molar-refractivity contribution in [1.29, 1.82) is 0 Å². The van der Waals surface area contributed by atoms with Crippen molar-refractivity contribution in [3.63, 3.8) is 0 Å². The van der Waals surface area contributed by atoms with Crippen LogP contribution >= 0.6 is 12.2 Å². The molecule has 29 heavy (non-hydrogen) atoms. The minimum atomic E-state index is -0.297. The number of thiocarbonyl (C=S) groups is 1. The number of benzene rings is 1. The number of ether oxygens (including phenoxy) is 4. The molecule has 1 fully saturated rings. The van der Waals surface area contributed by atoms with E-state index in [4.69, 9.17) is 31.2 Å². The van der Waals surface area contributed by atoms with Gasteiger partial charge in [-0.3, -0.25) is 14.6 Å². The number of hydrogen-bond donors (Lipinski definition) is 1. The molecule has 1 saturated heterocycles. The molecule has 1 aliphatic rings. The number of amides is 1. The van der Waals surface area contributed by atoms with E-state index in [0.717, 1.165) is 6.42 Å². The highest BCUT2D eigenvalue weighted by atomic mass is 32.1. The molecule has 1 heterocycles. The molecule has 0 atom stereocenters. The summed E-state index contributed by atoms with van der Waals surface area (Å²) in [6.45, 7) is 3.55. The minimum Gasteiger partial charge on any atom is -0.493 e. The van der Waals surface area contributed by atoms with Crippen LogP contribution in [-0.2, 0) is 9.53 Å². The number of rotatable bonds is 8. The second kappa shape index (κ2) is 10.7. The van der Waals surface area contributed by atoms with Crippen LogP contribution in [0.4, 0.5) is 0 Å². The van der Waals surface area contributed by atoms with E-state index in [0.29, 0.717) is 54.2 Å². The summed E-state index contributed by atoms with van der Waals surface area (Å²) in [7, 11) is 4.50. The molecule has 10 heteroatoms. The minimum absolute atomic E-state index is 0.197. The molecular formula is C19H27N3O6S. The zero-order valence-electron chi connectivity index (χ0n) is 17.1. The molecule has 1 aromatic rings. The number of carbonyl (C=O) groups excluding carboxylic acids is 2. The SMILES string of the molecule is CCOC(=O)CCNC(=S)N1CCCN1C(=O)c1cc(OC)c(OC)c(OC)c1. The third-order valence-electron chi connectivity index (χ3n) is 4.32. The van der Waals surface area contributed by atoms with E-state index in [1.807, 2.05) is 0 Å². The number of hydrazine groups is 1. The second-order valence-electron chi connectivity index (χ2n) is 6.11. The van der Waals surface area contributed by atoms with Gasteiger partial charge in [0, 0.05) is 25.2 Å². The van der Waals surface area contributed by atoms with Gasteiger partial charge in [-0.05, 0) is 37.7 Å². The smallest absolute Gasteiger partial charge is 0.307 e. The highest BCUT2D eigenvalue weighted by molar-refractivity contribution is 7.80. The Labute approximate surface area is 175 Å². The van der Waals surface area contributed by atoms with Crippen LogP contribution in [-0.4, -0.2) is 74.6 Å². The average Bonchev–Trinajstić information content (AvgIpc) is 3.22. The Morgan fingerprint density at radius 1 is 1.07 bits per heavy atom. The Kier molecular flexibility index (Phi) is 8.32. The highest BCUT2D eigenvalue weighted by Crippen LogP contribution is 2.38. The summed E-state index contributed by atoms with van der Waals surface area (Å²) in [4.78, 5) is 24.6. The van der Waals surface area contributed by atoms with Crippen molar-refractivity contribution in [3.05, 3.63) is 17.7 Å². The maximum atomic E-state index is 13.1. The largest absolute Gasteiger partial charge is 0.493 e. The van der Waals surface area contributed by atoms with Gasteiger partial charge >= 0.3 is 5.97 Å². The van der Waals surface area contributed by atoms with Crippen LogP contribution in [0.5, 0.6) is 17.2 Å². The molecule has 2 rings (SSSR count). The standard InChI is InChI=1S/C19H27N3O6S/c1-5-28-16(23)7-8-20-19(29)22-10-6-9-21(22)18(24)13-11-14(25-2)17(27-4)15(12-13)26-3/h11-12H,5-10H2,1-4H3,(H,20,29). The fourth-order valence-corrected chi connectivity index (χ4v) is 3.28. The molecule has 0 radical (unpaired) electrons. The van der Waals surface area contributed by atoms with Crippen LogP contribution in [0.2, 0.25) is 0 Å². The van der Waals surface area contributed by atoms with Crippen molar-refractivity contribution in [1.82, 2.24) is 15.3 Å². The zero-order valence-corrected chi connectivity index (χ0v) is 18.0. The van der Waals surface area contributed by atoms with E-state index in [2.05, 4.69) is 5.32 Å². The predicted octanol–water partition coefficient (Wildman–Crippen LogP) is 1.60. The average molecular weight is 426 g/mol. The lowest BCUT2D eigenvalue weighted by Crippen LogP contribution is -2.49. The van der Waals surface area contributed by atoms with Gasteiger partial charge in [-0.25, -0.2) is 5.01 Å². The number of nitrogens with one attached hydrogen (secondary N) is 1. The lowest BCUT2D eigenvalue weighted by Gasteiger charge is -2.30. The summed E-state index contributed by atoms with van der Waals surface area (Å²) in [6.07, 6.45) is 0.971. The van der Waals surface area contributed by atoms with Gasteiger partial charge in [0.1, 0.15) is 0 Å². The highest BCUT2D eigenvalue weighted by Gasteiger charge is 2.30. The summed E-state index contributed by atoms with van der Waals surface area (Å²) in [6, 6.07) is 3.22. The van der Waals surface area contributed by atoms with Crippen molar-refractivity contribution >= 4 is 29.2 Å². The van der Waals surface area contributed by atoms with Gasteiger partial charge in [0.2, 0.25) is 5.75 Å². The van der Waals surface area contributed by atoms with E-state index >= 15 is 0 Å². The van der Waals surface area contributed by atoms with Crippen LogP contribution in [0.1, 0.15) is 30.1 Å². The molecule has 160 valence electrons. The summed E-state index contributed by atoms with van der Waals surface area (Å²) < 4.78 is 20.9. The van der Waals surface area contributed by atoms with Crippen molar-refractivity contribution in [2.24, 2.45) is 0 Å². The van der Waals surface area contributed by atoms with Crippen LogP contribution < -0.4 is 19.5 Å². The van der Waals surface area contributed by atoms with Crippen molar-refractivity contribution in [2.45, 2.75) is 19.8 Å². The van der Waals surface area contributed by atoms with Gasteiger partial charge in [-0.2, -0.15) is 0 Å². The molecule has 9 nitrogen and oxygen atoms in total. The Balaban J connectivity index is 2.11. The van der Waals surface area contributed by atoms with E-state index in [1.165, 1.54) is 21.3 Å². The lowest BCUT2D eigenvalue weighted by molar-refractivity contribution is -0.142. The summed E-state index contributed by atoms with van der Waals surface area (Å²) >= 11 is 5.41. The number of esters is 1. The fraction of sp³-hybridized carbons (Fsp3) is 0.526. The first-order chi connectivity index (χ1) is 14.0. The monoisotopic (exact) mass is 425 g/mol. The van der Waals surface area contributed by atoms with Crippen molar-refractivity contribution in [3.8, 4) is 17.2 Å². The van der Waals surface area contributed by atoms with Crippen LogP contribution in [0.3, 0.4) is 0 Å². The van der Waals surface area contributed by atoms with Gasteiger partial charge in [-0.15, -0.1) is 0 Å². The number of methoxy groups -OCH3 is 3. The molecular weight excluding hydrogens is 398 g/mol. The number of hydrogen-bond acceptors (Lipinski definition) is 7. The summed E-state index contributed by atoms with van der Waals surface area (Å²) in [5, 5.41) is 6.66. The van der Waals surface area contributed by atoms with Crippen LogP contribution in [0, 0.1) is 0 Å². The third-order valence-corrected chi connectivity index (χ3v) is 4.68. The summed E-state index contributed by atoms with van der Waals surface area (Å²) in [5.74, 6) is 0.680. The van der Waals surface area contributed by atoms with E-state index in [-0.39, 0.29) is 18.3 Å². The Bertz CT molecular complexity index is 732. The van der Waals surface area contributed by atoms with Gasteiger partial charge in [0.25, 0.3) is 5.91 Å². The van der Waals surface area contributed by atoms with Crippen molar-refractivity contribution < 1.29 is 28.5 Å². The first-order valence-corrected chi connectivity index (χ1v) is 9.70. The van der Waals surface area contributed by atoms with Crippen LogP contribution in [0.25, 0.3) is 0 Å². The van der Waals surface area contributed by atoms with E-state index in [1.54, 1.807) is 29.1 Å². The number of nitrogens with zero attached hydrogens (tertiary/aromatic N) is 2. The molecule has 1 N–H and O–H groups in total. The Morgan fingerprint density at radius 3 is 2.24 bits per heavy atom. The van der Waals surface area contributed by atoms with Gasteiger partial charge < -0.3 is 24.3 Å².